The second-order valence-corrected chi connectivity index (χ2v) is 7.82. The summed E-state index contributed by atoms with van der Waals surface area (Å²) in [4.78, 5) is 3.88. The minimum Gasteiger partial charge on any atom is -0.329 e. The molecule has 114 valence electrons. The monoisotopic (exact) mass is 319 g/mol. The average Bonchev–Trinajstić information content (AvgIpc) is 2.30. The van der Waals surface area contributed by atoms with Gasteiger partial charge in [0.15, 0.2) is 0 Å². The Hall–Kier alpha value is -0.690. The fraction of sp³-hybridized carbons (Fsp3) is 0.615. The lowest BCUT2D eigenvalue weighted by atomic mass is 9.92. The van der Waals surface area contributed by atoms with Gasteiger partial charge < -0.3 is 5.73 Å². The Bertz CT molecular complexity index is 531. The molecule has 3 N–H and O–H groups in total. The number of nitrogens with one attached hydrogen (secondary N) is 1. The Morgan fingerprint density at radius 3 is 2.55 bits per heavy atom. The lowest BCUT2D eigenvalue weighted by Gasteiger charge is -2.30. The molecule has 0 saturated heterocycles. The van der Waals surface area contributed by atoms with E-state index in [2.05, 4.69) is 9.71 Å². The molecule has 1 rings (SSSR count). The Kier molecular flexibility index (Phi) is 5.94. The van der Waals surface area contributed by atoms with E-state index in [-0.39, 0.29) is 12.3 Å². The second kappa shape index (κ2) is 6.85. The number of nitrogens with zero attached hydrogens (tertiary/aromatic N) is 1. The standard InChI is InChI=1S/C13H22ClN3O2S/c1-10(2)6-13(3,9-15)17-20(18,19)8-11-4-5-12(14)16-7-11/h4-5,7,10,17H,6,8-9,15H2,1-3H3/t13-/m0/s1. The van der Waals surface area contributed by atoms with Gasteiger partial charge in [0.2, 0.25) is 10.0 Å². The molecule has 0 saturated carbocycles. The van der Waals surface area contributed by atoms with E-state index in [9.17, 15) is 8.42 Å². The maximum Gasteiger partial charge on any atom is 0.216 e. The molecule has 0 aromatic carbocycles. The topological polar surface area (TPSA) is 85.1 Å². The maximum absolute atomic E-state index is 12.2. The highest BCUT2D eigenvalue weighted by Crippen LogP contribution is 2.18. The number of aromatic nitrogens is 1. The first-order valence-corrected chi connectivity index (χ1v) is 8.51. The average molecular weight is 320 g/mol. The van der Waals surface area contributed by atoms with E-state index in [1.807, 2.05) is 20.8 Å². The zero-order chi connectivity index (χ0) is 15.4. The summed E-state index contributed by atoms with van der Waals surface area (Å²) in [5, 5.41) is 0.339. The van der Waals surface area contributed by atoms with Gasteiger partial charge in [-0.2, -0.15) is 0 Å². The van der Waals surface area contributed by atoms with Crippen LogP contribution in [-0.2, 0) is 15.8 Å². The molecule has 1 heterocycles. The van der Waals surface area contributed by atoms with Crippen molar-refractivity contribution in [2.75, 3.05) is 6.54 Å². The molecule has 0 bridgehead atoms. The molecule has 0 amide bonds. The van der Waals surface area contributed by atoms with Crippen LogP contribution >= 0.6 is 11.6 Å². The van der Waals surface area contributed by atoms with Crippen LogP contribution in [0.3, 0.4) is 0 Å². The minimum absolute atomic E-state index is 0.134. The Balaban J connectivity index is 2.80. The summed E-state index contributed by atoms with van der Waals surface area (Å²) in [7, 11) is -3.48. The van der Waals surface area contributed by atoms with E-state index < -0.39 is 15.6 Å². The smallest absolute Gasteiger partial charge is 0.216 e. The van der Waals surface area contributed by atoms with Crippen molar-refractivity contribution in [3.8, 4) is 0 Å². The summed E-state index contributed by atoms with van der Waals surface area (Å²) in [6.07, 6.45) is 2.14. The third-order valence-corrected chi connectivity index (χ3v) is 4.60. The SMILES string of the molecule is CC(C)C[C@@](C)(CN)NS(=O)(=O)Cc1ccc(Cl)nc1. The highest BCUT2D eigenvalue weighted by atomic mass is 35.5. The van der Waals surface area contributed by atoms with Crippen LogP contribution in [-0.4, -0.2) is 25.5 Å². The Morgan fingerprint density at radius 1 is 1.45 bits per heavy atom. The fourth-order valence-electron chi connectivity index (χ4n) is 2.19. The third-order valence-electron chi connectivity index (χ3n) is 2.86. The van der Waals surface area contributed by atoms with Crippen LogP contribution in [0.25, 0.3) is 0 Å². The van der Waals surface area contributed by atoms with Crippen LogP contribution in [0.2, 0.25) is 5.15 Å². The van der Waals surface area contributed by atoms with E-state index in [1.165, 1.54) is 6.20 Å². The van der Waals surface area contributed by atoms with Gasteiger partial charge in [0.1, 0.15) is 5.15 Å². The van der Waals surface area contributed by atoms with Crippen LogP contribution in [0, 0.1) is 5.92 Å². The molecule has 20 heavy (non-hydrogen) atoms. The number of pyridine rings is 1. The van der Waals surface area contributed by atoms with Gasteiger partial charge in [0.25, 0.3) is 0 Å². The van der Waals surface area contributed by atoms with Crippen LogP contribution in [0.4, 0.5) is 0 Å². The molecule has 0 unspecified atom stereocenters. The first-order chi connectivity index (χ1) is 9.16. The van der Waals surface area contributed by atoms with Crippen molar-refractivity contribution >= 4 is 21.6 Å². The second-order valence-electron chi connectivity index (χ2n) is 5.71. The Morgan fingerprint density at radius 2 is 2.10 bits per heavy atom. The molecule has 7 heteroatoms. The van der Waals surface area contributed by atoms with E-state index in [0.717, 1.165) is 0 Å². The van der Waals surface area contributed by atoms with Gasteiger partial charge in [0.05, 0.1) is 5.75 Å². The van der Waals surface area contributed by atoms with E-state index in [1.54, 1.807) is 12.1 Å². The van der Waals surface area contributed by atoms with Crippen LogP contribution in [0.1, 0.15) is 32.8 Å². The predicted molar refractivity (Wildman–Crippen MR) is 81.9 cm³/mol. The molecule has 5 nitrogen and oxygen atoms in total. The highest BCUT2D eigenvalue weighted by Gasteiger charge is 2.29. The molecular weight excluding hydrogens is 298 g/mol. The zero-order valence-electron chi connectivity index (χ0n) is 12.1. The predicted octanol–water partition coefficient (Wildman–Crippen LogP) is 1.92. The van der Waals surface area contributed by atoms with Gasteiger partial charge in [0, 0.05) is 18.3 Å². The summed E-state index contributed by atoms with van der Waals surface area (Å²) in [6.45, 7) is 6.14. The number of nitrogens with two attached hydrogens (primary N) is 1. The van der Waals surface area contributed by atoms with Gasteiger partial charge in [-0.25, -0.2) is 18.1 Å². The molecule has 0 spiro atoms. The lowest BCUT2D eigenvalue weighted by molar-refractivity contribution is 0.344. The summed E-state index contributed by atoms with van der Waals surface area (Å²) in [6, 6.07) is 3.22. The molecule has 0 aliphatic heterocycles. The third kappa shape index (κ3) is 5.75. The number of rotatable bonds is 7. The van der Waals surface area contributed by atoms with Crippen molar-refractivity contribution in [3.63, 3.8) is 0 Å². The van der Waals surface area contributed by atoms with E-state index in [0.29, 0.717) is 23.1 Å². The van der Waals surface area contributed by atoms with Gasteiger partial charge in [-0.1, -0.05) is 31.5 Å². The van der Waals surface area contributed by atoms with Crippen LogP contribution in [0.5, 0.6) is 0 Å². The van der Waals surface area contributed by atoms with Crippen molar-refractivity contribution in [1.29, 1.82) is 0 Å². The fourth-order valence-corrected chi connectivity index (χ4v) is 3.90. The molecular formula is C13H22ClN3O2S. The molecule has 0 aliphatic rings. The molecule has 1 atom stereocenters. The van der Waals surface area contributed by atoms with Crippen molar-refractivity contribution in [1.82, 2.24) is 9.71 Å². The van der Waals surface area contributed by atoms with E-state index >= 15 is 0 Å². The number of hydrogen-bond donors (Lipinski definition) is 2. The van der Waals surface area contributed by atoms with Gasteiger partial charge in [-0.05, 0) is 30.9 Å². The summed E-state index contributed by atoms with van der Waals surface area (Å²) < 4.78 is 27.1. The van der Waals surface area contributed by atoms with Crippen molar-refractivity contribution in [2.45, 2.75) is 38.5 Å². The van der Waals surface area contributed by atoms with Crippen molar-refractivity contribution in [3.05, 3.63) is 29.0 Å². The largest absolute Gasteiger partial charge is 0.329 e. The molecule has 1 aromatic rings. The normalized spacial score (nSPS) is 15.3. The van der Waals surface area contributed by atoms with E-state index in [4.69, 9.17) is 17.3 Å². The lowest BCUT2D eigenvalue weighted by Crippen LogP contribution is -2.52. The van der Waals surface area contributed by atoms with Crippen LogP contribution < -0.4 is 10.5 Å². The summed E-state index contributed by atoms with van der Waals surface area (Å²) in [5.74, 6) is 0.216. The first-order valence-electron chi connectivity index (χ1n) is 6.48. The van der Waals surface area contributed by atoms with Crippen LogP contribution in [0.15, 0.2) is 18.3 Å². The Labute approximate surface area is 126 Å². The summed E-state index contributed by atoms with van der Waals surface area (Å²) in [5.41, 5.74) is 5.68. The number of hydrogen-bond acceptors (Lipinski definition) is 4. The molecule has 0 aliphatic carbocycles. The minimum atomic E-state index is -3.48. The van der Waals surface area contributed by atoms with Crippen molar-refractivity contribution in [2.24, 2.45) is 11.7 Å². The molecule has 1 aromatic heterocycles. The first kappa shape index (κ1) is 17.4. The van der Waals surface area contributed by atoms with Gasteiger partial charge in [-0.3, -0.25) is 0 Å². The molecule has 0 radical (unpaired) electrons. The maximum atomic E-state index is 12.2. The van der Waals surface area contributed by atoms with Gasteiger partial charge in [-0.15, -0.1) is 0 Å². The zero-order valence-corrected chi connectivity index (χ0v) is 13.6. The molecule has 0 fully saturated rings. The quantitative estimate of drug-likeness (QED) is 0.752. The van der Waals surface area contributed by atoms with Crippen molar-refractivity contribution < 1.29 is 8.42 Å². The summed E-state index contributed by atoms with van der Waals surface area (Å²) >= 11 is 5.68. The highest BCUT2D eigenvalue weighted by molar-refractivity contribution is 7.88. The number of halogens is 1. The number of sulfonamides is 1. The van der Waals surface area contributed by atoms with Gasteiger partial charge >= 0.3 is 0 Å².